The number of benzene rings is 1. The molecule has 4 rings (SSSR count). The molecule has 0 aliphatic heterocycles. The number of unbranched alkanes of at least 4 members (excludes halogenated alkanes) is 1. The summed E-state index contributed by atoms with van der Waals surface area (Å²) in [6.45, 7) is 8.58. The summed E-state index contributed by atoms with van der Waals surface area (Å²) in [5.74, 6) is 0.660. The van der Waals surface area contributed by atoms with Gasteiger partial charge in [0.15, 0.2) is 5.82 Å². The standard InChI is InChI=1S/C24H33N7O2/c1-23(2,3)33-20(32)8-5-6-15-25-21(22-27-28-29-31(22)24(4)13-14-24)18-9-11-19(12-10-18)30-17-7-16-26-30/h7,9-12,16-17,21,25H,5-6,8,13-15H2,1-4H3. The average molecular weight is 452 g/mol. The molecule has 1 fully saturated rings. The zero-order valence-electron chi connectivity index (χ0n) is 19.9. The molecule has 2 aromatic heterocycles. The molecule has 1 aliphatic rings. The lowest BCUT2D eigenvalue weighted by atomic mass is 10.0. The highest BCUT2D eigenvalue weighted by Gasteiger charge is 2.43. The lowest BCUT2D eigenvalue weighted by Gasteiger charge is -2.21. The van der Waals surface area contributed by atoms with Gasteiger partial charge in [0.2, 0.25) is 0 Å². The van der Waals surface area contributed by atoms with Crippen LogP contribution in [0.5, 0.6) is 0 Å². The molecule has 1 unspecified atom stereocenters. The highest BCUT2D eigenvalue weighted by atomic mass is 16.6. The van der Waals surface area contributed by atoms with E-state index >= 15 is 0 Å². The number of carbonyl (C=O) groups is 1. The Labute approximate surface area is 194 Å². The summed E-state index contributed by atoms with van der Waals surface area (Å²) < 4.78 is 9.20. The van der Waals surface area contributed by atoms with Crippen molar-refractivity contribution in [1.29, 1.82) is 0 Å². The molecule has 1 saturated carbocycles. The number of nitrogens with one attached hydrogen (secondary N) is 1. The molecule has 0 spiro atoms. The van der Waals surface area contributed by atoms with E-state index in [9.17, 15) is 4.79 Å². The Balaban J connectivity index is 1.44. The highest BCUT2D eigenvalue weighted by Crippen LogP contribution is 2.43. The van der Waals surface area contributed by atoms with E-state index in [2.05, 4.69) is 45.0 Å². The number of nitrogens with zero attached hydrogens (tertiary/aromatic N) is 6. The van der Waals surface area contributed by atoms with Crippen molar-refractivity contribution in [2.45, 2.75) is 77.0 Å². The fourth-order valence-electron chi connectivity index (χ4n) is 3.78. The summed E-state index contributed by atoms with van der Waals surface area (Å²) in [4.78, 5) is 12.0. The van der Waals surface area contributed by atoms with Crippen LogP contribution in [-0.2, 0) is 15.1 Å². The van der Waals surface area contributed by atoms with Crippen LogP contribution in [0, 0.1) is 0 Å². The smallest absolute Gasteiger partial charge is 0.306 e. The lowest BCUT2D eigenvalue weighted by molar-refractivity contribution is -0.154. The number of esters is 1. The van der Waals surface area contributed by atoms with Crippen LogP contribution in [-0.4, -0.2) is 48.1 Å². The third-order valence-corrected chi connectivity index (χ3v) is 5.81. The Morgan fingerprint density at radius 1 is 1.21 bits per heavy atom. The molecule has 0 saturated heterocycles. The van der Waals surface area contributed by atoms with Crippen molar-refractivity contribution in [2.24, 2.45) is 0 Å². The summed E-state index contributed by atoms with van der Waals surface area (Å²) in [6.07, 6.45) is 7.86. The Kier molecular flexibility index (Phi) is 6.60. The largest absolute Gasteiger partial charge is 0.460 e. The molecular weight excluding hydrogens is 418 g/mol. The van der Waals surface area contributed by atoms with Gasteiger partial charge in [-0.1, -0.05) is 12.1 Å². The van der Waals surface area contributed by atoms with E-state index in [0.717, 1.165) is 49.3 Å². The molecule has 176 valence electrons. The number of hydrogen-bond donors (Lipinski definition) is 1. The van der Waals surface area contributed by atoms with Crippen molar-refractivity contribution in [3.63, 3.8) is 0 Å². The molecule has 1 aliphatic carbocycles. The van der Waals surface area contributed by atoms with Gasteiger partial charge >= 0.3 is 5.97 Å². The molecule has 3 aromatic rings. The van der Waals surface area contributed by atoms with E-state index in [4.69, 9.17) is 4.74 Å². The van der Waals surface area contributed by atoms with E-state index < -0.39 is 5.60 Å². The maximum atomic E-state index is 12.0. The van der Waals surface area contributed by atoms with Crippen molar-refractivity contribution in [1.82, 2.24) is 35.3 Å². The molecule has 0 amide bonds. The summed E-state index contributed by atoms with van der Waals surface area (Å²) in [5.41, 5.74) is 1.62. The van der Waals surface area contributed by atoms with E-state index in [1.165, 1.54) is 0 Å². The van der Waals surface area contributed by atoms with E-state index in [1.807, 2.05) is 54.5 Å². The molecule has 0 bridgehead atoms. The van der Waals surface area contributed by atoms with Gasteiger partial charge in [0.05, 0.1) is 17.3 Å². The number of carbonyl (C=O) groups excluding carboxylic acids is 1. The normalized spacial score (nSPS) is 15.9. The molecule has 33 heavy (non-hydrogen) atoms. The summed E-state index contributed by atoms with van der Waals surface area (Å²) in [6, 6.07) is 10.0. The zero-order chi connectivity index (χ0) is 23.5. The van der Waals surface area contributed by atoms with Crippen molar-refractivity contribution in [3.05, 3.63) is 54.1 Å². The van der Waals surface area contributed by atoms with E-state index in [1.54, 1.807) is 6.20 Å². The van der Waals surface area contributed by atoms with Crippen LogP contribution in [0.4, 0.5) is 0 Å². The van der Waals surface area contributed by atoms with Crippen LogP contribution in [0.25, 0.3) is 5.69 Å². The van der Waals surface area contributed by atoms with Gasteiger partial charge in [0.25, 0.3) is 0 Å². The Bertz CT molecular complexity index is 1050. The highest BCUT2D eigenvalue weighted by molar-refractivity contribution is 5.69. The average Bonchev–Trinajstić information content (AvgIpc) is 3.16. The van der Waals surface area contributed by atoms with Crippen LogP contribution < -0.4 is 5.32 Å². The van der Waals surface area contributed by atoms with Gasteiger partial charge in [-0.3, -0.25) is 4.79 Å². The van der Waals surface area contributed by atoms with Crippen molar-refractivity contribution < 1.29 is 9.53 Å². The summed E-state index contributed by atoms with van der Waals surface area (Å²) >= 11 is 0. The summed E-state index contributed by atoms with van der Waals surface area (Å²) in [5, 5.41) is 20.6. The number of ether oxygens (including phenoxy) is 1. The molecule has 1 atom stereocenters. The minimum atomic E-state index is -0.446. The van der Waals surface area contributed by atoms with Crippen molar-refractivity contribution in [2.75, 3.05) is 6.54 Å². The Morgan fingerprint density at radius 2 is 1.97 bits per heavy atom. The van der Waals surface area contributed by atoms with Gasteiger partial charge in [-0.05, 0) is 94.1 Å². The zero-order valence-corrected chi connectivity index (χ0v) is 19.9. The molecule has 9 heteroatoms. The third kappa shape index (κ3) is 5.84. The first kappa shape index (κ1) is 23.1. The first-order valence-corrected chi connectivity index (χ1v) is 11.6. The van der Waals surface area contributed by atoms with Crippen LogP contribution in [0.2, 0.25) is 0 Å². The van der Waals surface area contributed by atoms with Gasteiger partial charge in [0, 0.05) is 18.8 Å². The van der Waals surface area contributed by atoms with Gasteiger partial charge in [0.1, 0.15) is 5.60 Å². The second-order valence-corrected chi connectivity index (χ2v) is 9.92. The lowest BCUT2D eigenvalue weighted by Crippen LogP contribution is -2.29. The van der Waals surface area contributed by atoms with Crippen LogP contribution >= 0.6 is 0 Å². The Hall–Kier alpha value is -3.07. The fourth-order valence-corrected chi connectivity index (χ4v) is 3.78. The van der Waals surface area contributed by atoms with E-state index in [0.29, 0.717) is 6.42 Å². The van der Waals surface area contributed by atoms with Crippen LogP contribution in [0.15, 0.2) is 42.7 Å². The first-order valence-electron chi connectivity index (χ1n) is 11.6. The number of rotatable bonds is 10. The number of hydrogen-bond acceptors (Lipinski definition) is 7. The van der Waals surface area contributed by atoms with Crippen LogP contribution in [0.3, 0.4) is 0 Å². The molecule has 1 N–H and O–H groups in total. The second-order valence-electron chi connectivity index (χ2n) is 9.92. The number of tetrazole rings is 1. The summed E-state index contributed by atoms with van der Waals surface area (Å²) in [7, 11) is 0. The van der Waals surface area contributed by atoms with Gasteiger partial charge in [-0.2, -0.15) is 5.10 Å². The maximum absolute atomic E-state index is 12.0. The van der Waals surface area contributed by atoms with Crippen LogP contribution in [0.1, 0.15) is 77.2 Å². The van der Waals surface area contributed by atoms with Gasteiger partial charge in [-0.15, -0.1) is 5.10 Å². The monoisotopic (exact) mass is 451 g/mol. The van der Waals surface area contributed by atoms with Crippen molar-refractivity contribution >= 4 is 5.97 Å². The first-order chi connectivity index (χ1) is 15.8. The third-order valence-electron chi connectivity index (χ3n) is 5.81. The maximum Gasteiger partial charge on any atom is 0.306 e. The van der Waals surface area contributed by atoms with Gasteiger partial charge in [-0.25, -0.2) is 9.36 Å². The SMILES string of the molecule is CC(C)(C)OC(=O)CCCCNC(c1ccc(-n2cccn2)cc1)c1nnnn1C1(C)CC1. The minimum absolute atomic E-state index is 0.00945. The molecule has 2 heterocycles. The number of aromatic nitrogens is 6. The predicted octanol–water partition coefficient (Wildman–Crippen LogP) is 3.56. The quantitative estimate of drug-likeness (QED) is 0.372. The fraction of sp³-hybridized carbons (Fsp3) is 0.542. The minimum Gasteiger partial charge on any atom is -0.460 e. The topological polar surface area (TPSA) is 99.8 Å². The van der Waals surface area contributed by atoms with Crippen molar-refractivity contribution in [3.8, 4) is 5.69 Å². The Morgan fingerprint density at radius 3 is 2.61 bits per heavy atom. The van der Waals surface area contributed by atoms with Gasteiger partial charge < -0.3 is 10.1 Å². The molecule has 1 aromatic carbocycles. The second kappa shape index (κ2) is 9.43. The molecule has 9 nitrogen and oxygen atoms in total. The molecular formula is C24H33N7O2. The molecule has 0 radical (unpaired) electrons. The van der Waals surface area contributed by atoms with E-state index in [-0.39, 0.29) is 17.6 Å². The predicted molar refractivity (Wildman–Crippen MR) is 124 cm³/mol.